The van der Waals surface area contributed by atoms with Crippen molar-refractivity contribution < 1.29 is 23.9 Å². The van der Waals surface area contributed by atoms with Crippen LogP contribution in [0, 0.1) is 19.8 Å². The molecule has 3 aromatic carbocycles. The van der Waals surface area contributed by atoms with E-state index in [-0.39, 0.29) is 24.6 Å². The molecule has 0 aromatic heterocycles. The lowest BCUT2D eigenvalue weighted by Crippen LogP contribution is -2.29. The molecule has 5 rings (SSSR count). The van der Waals surface area contributed by atoms with Crippen molar-refractivity contribution in [1.82, 2.24) is 0 Å². The van der Waals surface area contributed by atoms with Crippen LogP contribution in [0.15, 0.2) is 66.7 Å². The van der Waals surface area contributed by atoms with Crippen LogP contribution >= 0.6 is 0 Å². The van der Waals surface area contributed by atoms with E-state index in [0.29, 0.717) is 16.8 Å². The van der Waals surface area contributed by atoms with Crippen LogP contribution in [0.2, 0.25) is 0 Å². The van der Waals surface area contributed by atoms with E-state index >= 15 is 0 Å². The molecule has 0 aliphatic carbocycles. The number of nitrogens with zero attached hydrogens (tertiary/aromatic N) is 2. The Morgan fingerprint density at radius 3 is 2.12 bits per heavy atom. The second-order valence-corrected chi connectivity index (χ2v) is 8.66. The van der Waals surface area contributed by atoms with Gasteiger partial charge in [0.15, 0.2) is 0 Å². The zero-order valence-corrected chi connectivity index (χ0v) is 18.8. The molecule has 7 heteroatoms. The zero-order chi connectivity index (χ0) is 24.0. The standard InChI is InChI=1S/C27H22N2O5/c1-16-10-17(2)12-20(11-16)28-15-18(13-24(28)30)27(33)34-21-7-5-6-19(14-21)29-25(31)22-8-3-4-9-23(22)26(29)32/h3-12,14,18H,13,15H2,1-2H3/t18-/m0/s1. The third kappa shape index (κ3) is 3.75. The van der Waals surface area contributed by atoms with E-state index in [1.54, 1.807) is 47.4 Å². The number of hydrogen-bond acceptors (Lipinski definition) is 5. The number of aryl methyl sites for hydroxylation is 2. The molecule has 2 aliphatic heterocycles. The summed E-state index contributed by atoms with van der Waals surface area (Å²) < 4.78 is 5.56. The molecule has 3 aromatic rings. The quantitative estimate of drug-likeness (QED) is 0.337. The average Bonchev–Trinajstić information content (AvgIpc) is 3.31. The Balaban J connectivity index is 1.32. The molecule has 1 fully saturated rings. The summed E-state index contributed by atoms with van der Waals surface area (Å²) in [4.78, 5) is 53.7. The van der Waals surface area contributed by atoms with Gasteiger partial charge in [0.05, 0.1) is 22.7 Å². The first kappa shape index (κ1) is 21.6. The second kappa shape index (κ2) is 8.26. The van der Waals surface area contributed by atoms with E-state index in [9.17, 15) is 19.2 Å². The highest BCUT2D eigenvalue weighted by atomic mass is 16.5. The maximum absolute atomic E-state index is 12.9. The Morgan fingerprint density at radius 1 is 0.824 bits per heavy atom. The molecule has 0 N–H and O–H groups in total. The predicted octanol–water partition coefficient (Wildman–Crippen LogP) is 4.06. The third-order valence-corrected chi connectivity index (χ3v) is 6.06. The van der Waals surface area contributed by atoms with Crippen LogP contribution in [-0.2, 0) is 9.59 Å². The van der Waals surface area contributed by atoms with Gasteiger partial charge < -0.3 is 9.64 Å². The summed E-state index contributed by atoms with van der Waals surface area (Å²) in [6.07, 6.45) is 0.0594. The highest BCUT2D eigenvalue weighted by Gasteiger charge is 2.38. The smallest absolute Gasteiger partial charge is 0.316 e. The highest BCUT2D eigenvalue weighted by Crippen LogP contribution is 2.32. The molecule has 3 amide bonds. The lowest BCUT2D eigenvalue weighted by Gasteiger charge is -2.18. The Kier molecular flexibility index (Phi) is 5.24. The third-order valence-electron chi connectivity index (χ3n) is 6.06. The summed E-state index contributed by atoms with van der Waals surface area (Å²) in [6, 6.07) is 18.8. The lowest BCUT2D eigenvalue weighted by atomic mass is 10.1. The summed E-state index contributed by atoms with van der Waals surface area (Å²) in [7, 11) is 0. The van der Waals surface area contributed by atoms with Gasteiger partial charge in [0.25, 0.3) is 11.8 Å². The number of esters is 1. The van der Waals surface area contributed by atoms with Crippen LogP contribution in [0.3, 0.4) is 0 Å². The van der Waals surface area contributed by atoms with Gasteiger partial charge in [0.2, 0.25) is 5.91 Å². The van der Waals surface area contributed by atoms with Crippen molar-refractivity contribution in [3.63, 3.8) is 0 Å². The van der Waals surface area contributed by atoms with Gasteiger partial charge >= 0.3 is 5.97 Å². The molecule has 7 nitrogen and oxygen atoms in total. The fourth-order valence-electron chi connectivity index (χ4n) is 4.53. The number of benzene rings is 3. The first-order valence-electron chi connectivity index (χ1n) is 11.0. The van der Waals surface area contributed by atoms with Crippen molar-refractivity contribution in [2.75, 3.05) is 16.3 Å². The Labute approximate surface area is 196 Å². The minimum absolute atomic E-state index is 0.0594. The molecule has 2 heterocycles. The van der Waals surface area contributed by atoms with Crippen LogP contribution in [0.1, 0.15) is 38.3 Å². The second-order valence-electron chi connectivity index (χ2n) is 8.66. The molecule has 0 saturated carbocycles. The van der Waals surface area contributed by atoms with Gasteiger partial charge in [0.1, 0.15) is 5.75 Å². The van der Waals surface area contributed by atoms with E-state index < -0.39 is 23.7 Å². The Hall–Kier alpha value is -4.26. The van der Waals surface area contributed by atoms with Crippen LogP contribution in [0.25, 0.3) is 0 Å². The topological polar surface area (TPSA) is 84.0 Å². The van der Waals surface area contributed by atoms with Crippen LogP contribution in [0.4, 0.5) is 11.4 Å². The van der Waals surface area contributed by atoms with E-state index in [2.05, 4.69) is 0 Å². The van der Waals surface area contributed by atoms with Crippen molar-refractivity contribution >= 4 is 35.1 Å². The number of hydrogen-bond donors (Lipinski definition) is 0. The number of fused-ring (bicyclic) bond motifs is 1. The highest BCUT2D eigenvalue weighted by molar-refractivity contribution is 6.34. The molecule has 0 radical (unpaired) electrons. The number of imide groups is 1. The Bertz CT molecular complexity index is 1310. The molecular formula is C27H22N2O5. The first-order valence-corrected chi connectivity index (χ1v) is 11.0. The molecule has 0 bridgehead atoms. The van der Waals surface area contributed by atoms with E-state index in [1.807, 2.05) is 32.0 Å². The molecular weight excluding hydrogens is 432 g/mol. The normalized spacial score (nSPS) is 17.4. The number of anilines is 2. The maximum atomic E-state index is 12.9. The summed E-state index contributed by atoms with van der Waals surface area (Å²) >= 11 is 0. The summed E-state index contributed by atoms with van der Waals surface area (Å²) in [6.45, 7) is 4.16. The fourth-order valence-corrected chi connectivity index (χ4v) is 4.53. The van der Waals surface area contributed by atoms with E-state index in [4.69, 9.17) is 4.74 Å². The van der Waals surface area contributed by atoms with Crippen molar-refractivity contribution in [1.29, 1.82) is 0 Å². The first-order chi connectivity index (χ1) is 16.3. The molecule has 0 unspecified atom stereocenters. The minimum atomic E-state index is -0.615. The zero-order valence-electron chi connectivity index (χ0n) is 18.8. The number of amides is 3. The minimum Gasteiger partial charge on any atom is -0.426 e. The van der Waals surface area contributed by atoms with Gasteiger partial charge in [-0.15, -0.1) is 0 Å². The molecule has 2 aliphatic rings. The summed E-state index contributed by atoms with van der Waals surface area (Å²) in [5.74, 6) is -1.91. The predicted molar refractivity (Wildman–Crippen MR) is 126 cm³/mol. The largest absolute Gasteiger partial charge is 0.426 e. The van der Waals surface area contributed by atoms with E-state index in [1.165, 1.54) is 6.07 Å². The molecule has 170 valence electrons. The SMILES string of the molecule is Cc1cc(C)cc(N2C[C@@H](C(=O)Oc3cccc(N4C(=O)c5ccccc5C4=O)c3)CC2=O)c1. The van der Waals surface area contributed by atoms with Crippen LogP contribution in [0.5, 0.6) is 5.75 Å². The van der Waals surface area contributed by atoms with Crippen molar-refractivity contribution in [3.05, 3.63) is 89.0 Å². The van der Waals surface area contributed by atoms with Crippen molar-refractivity contribution in [3.8, 4) is 5.75 Å². The summed E-state index contributed by atoms with van der Waals surface area (Å²) in [5, 5.41) is 0. The van der Waals surface area contributed by atoms with Gasteiger partial charge in [-0.05, 0) is 61.4 Å². The van der Waals surface area contributed by atoms with Crippen molar-refractivity contribution in [2.24, 2.45) is 5.92 Å². The number of carbonyl (C=O) groups excluding carboxylic acids is 4. The molecule has 1 saturated heterocycles. The van der Waals surface area contributed by atoms with Crippen LogP contribution in [-0.4, -0.2) is 30.2 Å². The van der Waals surface area contributed by atoms with Gasteiger partial charge in [-0.1, -0.05) is 24.3 Å². The molecule has 0 spiro atoms. The van der Waals surface area contributed by atoms with Gasteiger partial charge in [-0.3, -0.25) is 19.2 Å². The van der Waals surface area contributed by atoms with Crippen LogP contribution < -0.4 is 14.5 Å². The molecule has 1 atom stereocenters. The van der Waals surface area contributed by atoms with Gasteiger partial charge in [-0.2, -0.15) is 0 Å². The average molecular weight is 454 g/mol. The monoisotopic (exact) mass is 454 g/mol. The van der Waals surface area contributed by atoms with Gasteiger partial charge in [0, 0.05) is 24.7 Å². The maximum Gasteiger partial charge on any atom is 0.316 e. The molecule has 34 heavy (non-hydrogen) atoms. The Morgan fingerprint density at radius 2 is 1.47 bits per heavy atom. The number of rotatable bonds is 4. The lowest BCUT2D eigenvalue weighted by molar-refractivity contribution is -0.139. The fraction of sp³-hybridized carbons (Fsp3) is 0.185. The van der Waals surface area contributed by atoms with Gasteiger partial charge in [-0.25, -0.2) is 4.90 Å². The number of ether oxygens (including phenoxy) is 1. The van der Waals surface area contributed by atoms with Crippen molar-refractivity contribution in [2.45, 2.75) is 20.3 Å². The summed E-state index contributed by atoms with van der Waals surface area (Å²) in [5.41, 5.74) is 3.84. The number of carbonyl (C=O) groups is 4. The van der Waals surface area contributed by atoms with E-state index in [0.717, 1.165) is 21.7 Å².